The molecule has 2 aromatic rings. The summed E-state index contributed by atoms with van der Waals surface area (Å²) < 4.78 is 1.94. The number of aryl methyl sites for hydroxylation is 1. The number of aromatic nitrogens is 2. The molecule has 1 aromatic heterocycles. The Hall–Kier alpha value is -1.55. The van der Waals surface area contributed by atoms with E-state index in [1.807, 2.05) is 10.6 Å². The van der Waals surface area contributed by atoms with Gasteiger partial charge in [-0.3, -0.25) is 4.79 Å². The highest BCUT2D eigenvalue weighted by Gasteiger charge is 2.05. The van der Waals surface area contributed by atoms with Crippen molar-refractivity contribution in [3.63, 3.8) is 0 Å². The Labute approximate surface area is 91.7 Å². The molecule has 0 unspecified atom stereocenters. The largest absolute Gasteiger partial charge is 0.366 e. The van der Waals surface area contributed by atoms with Crippen molar-refractivity contribution in [2.75, 3.05) is 5.88 Å². The number of rotatable bonds is 3. The van der Waals surface area contributed by atoms with E-state index < -0.39 is 5.91 Å². The smallest absolute Gasteiger partial charge is 0.248 e. The van der Waals surface area contributed by atoms with Gasteiger partial charge in [0.15, 0.2) is 0 Å². The third-order valence-corrected chi connectivity index (χ3v) is 2.40. The lowest BCUT2D eigenvalue weighted by Gasteiger charge is -2.00. The molecule has 2 N–H and O–H groups in total. The Morgan fingerprint density at radius 2 is 2.33 bits per heavy atom. The van der Waals surface area contributed by atoms with Crippen molar-refractivity contribution in [2.24, 2.45) is 5.73 Å². The lowest BCUT2D eigenvalue weighted by molar-refractivity contribution is 0.100. The van der Waals surface area contributed by atoms with Crippen LogP contribution >= 0.6 is 11.6 Å². The highest BCUT2D eigenvalue weighted by molar-refractivity contribution is 6.17. The van der Waals surface area contributed by atoms with Crippen LogP contribution in [0.15, 0.2) is 24.5 Å². The average molecular weight is 224 g/mol. The number of carbonyl (C=O) groups is 1. The first-order valence-corrected chi connectivity index (χ1v) is 5.06. The number of hydrogen-bond donors (Lipinski definition) is 1. The molecule has 0 spiro atoms. The van der Waals surface area contributed by atoms with Crippen LogP contribution in [0, 0.1) is 0 Å². The van der Waals surface area contributed by atoms with Gasteiger partial charge in [-0.25, -0.2) is 4.98 Å². The summed E-state index contributed by atoms with van der Waals surface area (Å²) in [7, 11) is 0. The van der Waals surface area contributed by atoms with Crippen molar-refractivity contribution >= 4 is 28.5 Å². The predicted molar refractivity (Wildman–Crippen MR) is 59.0 cm³/mol. The maximum absolute atomic E-state index is 10.9. The molecule has 0 bridgehead atoms. The van der Waals surface area contributed by atoms with Crippen molar-refractivity contribution in [3.8, 4) is 0 Å². The van der Waals surface area contributed by atoms with E-state index in [-0.39, 0.29) is 0 Å². The molecule has 0 atom stereocenters. The van der Waals surface area contributed by atoms with Crippen LogP contribution in [-0.4, -0.2) is 21.3 Å². The molecule has 5 heteroatoms. The van der Waals surface area contributed by atoms with Gasteiger partial charge in [0.2, 0.25) is 5.91 Å². The van der Waals surface area contributed by atoms with Crippen LogP contribution in [0.2, 0.25) is 0 Å². The number of imidazole rings is 1. The number of fused-ring (bicyclic) bond motifs is 1. The summed E-state index contributed by atoms with van der Waals surface area (Å²) in [5, 5.41) is 0. The lowest BCUT2D eigenvalue weighted by atomic mass is 10.2. The van der Waals surface area contributed by atoms with Crippen molar-refractivity contribution in [1.29, 1.82) is 0 Å². The summed E-state index contributed by atoms with van der Waals surface area (Å²) in [6, 6.07) is 5.20. The van der Waals surface area contributed by atoms with Gasteiger partial charge in [-0.15, -0.1) is 11.6 Å². The third-order valence-electron chi connectivity index (χ3n) is 2.23. The maximum Gasteiger partial charge on any atom is 0.248 e. The van der Waals surface area contributed by atoms with Gasteiger partial charge in [-0.05, 0) is 18.2 Å². The molecule has 1 amide bonds. The Morgan fingerprint density at radius 1 is 1.53 bits per heavy atom. The Morgan fingerprint density at radius 3 is 3.00 bits per heavy atom. The summed E-state index contributed by atoms with van der Waals surface area (Å²) in [5.41, 5.74) is 7.37. The molecule has 78 valence electrons. The first-order chi connectivity index (χ1) is 7.22. The fraction of sp³-hybridized carbons (Fsp3) is 0.200. The molecule has 15 heavy (non-hydrogen) atoms. The summed E-state index contributed by atoms with van der Waals surface area (Å²) in [4.78, 5) is 15.1. The van der Waals surface area contributed by atoms with Crippen LogP contribution < -0.4 is 5.73 Å². The van der Waals surface area contributed by atoms with Crippen molar-refractivity contribution in [3.05, 3.63) is 30.1 Å². The molecule has 0 aliphatic rings. The second kappa shape index (κ2) is 3.90. The zero-order valence-corrected chi connectivity index (χ0v) is 8.74. The van der Waals surface area contributed by atoms with Gasteiger partial charge in [0.05, 0.1) is 17.4 Å². The molecule has 0 saturated carbocycles. The number of carbonyl (C=O) groups excluding carboxylic acids is 1. The van der Waals surface area contributed by atoms with E-state index in [4.69, 9.17) is 17.3 Å². The summed E-state index contributed by atoms with van der Waals surface area (Å²) in [6.45, 7) is 0.702. The maximum atomic E-state index is 10.9. The second-order valence-electron chi connectivity index (χ2n) is 3.19. The molecule has 0 aliphatic carbocycles. The van der Waals surface area contributed by atoms with Crippen molar-refractivity contribution in [2.45, 2.75) is 6.54 Å². The summed E-state index contributed by atoms with van der Waals surface area (Å²) in [6.07, 6.45) is 1.71. The number of benzene rings is 1. The molecule has 4 nitrogen and oxygen atoms in total. The van der Waals surface area contributed by atoms with E-state index in [1.165, 1.54) is 0 Å². The number of alkyl halides is 1. The van der Waals surface area contributed by atoms with E-state index >= 15 is 0 Å². The fourth-order valence-electron chi connectivity index (χ4n) is 1.49. The van der Waals surface area contributed by atoms with Gasteiger partial charge in [0.25, 0.3) is 0 Å². The van der Waals surface area contributed by atoms with Crippen LogP contribution in [0.25, 0.3) is 11.0 Å². The molecule has 0 saturated heterocycles. The predicted octanol–water partition coefficient (Wildman–Crippen LogP) is 1.37. The number of nitrogens with zero attached hydrogens (tertiary/aromatic N) is 2. The van der Waals surface area contributed by atoms with E-state index in [0.29, 0.717) is 18.0 Å². The zero-order valence-electron chi connectivity index (χ0n) is 7.98. The van der Waals surface area contributed by atoms with Gasteiger partial charge >= 0.3 is 0 Å². The Bertz CT molecular complexity index is 506. The topological polar surface area (TPSA) is 60.9 Å². The highest BCUT2D eigenvalue weighted by Crippen LogP contribution is 2.14. The molecule has 1 heterocycles. The van der Waals surface area contributed by atoms with E-state index in [0.717, 1.165) is 11.0 Å². The van der Waals surface area contributed by atoms with Crippen molar-refractivity contribution < 1.29 is 4.79 Å². The van der Waals surface area contributed by atoms with Gasteiger partial charge in [-0.1, -0.05) is 0 Å². The first kappa shape index (κ1) is 9.98. The van der Waals surface area contributed by atoms with Crippen LogP contribution in [-0.2, 0) is 6.54 Å². The van der Waals surface area contributed by atoms with E-state index in [9.17, 15) is 4.79 Å². The molecule has 0 aliphatic heterocycles. The minimum atomic E-state index is -0.441. The van der Waals surface area contributed by atoms with E-state index in [2.05, 4.69) is 4.98 Å². The minimum absolute atomic E-state index is 0.441. The Kier molecular flexibility index (Phi) is 2.60. The standard InChI is InChI=1S/C10H10ClN3O/c11-3-4-14-6-13-8-5-7(10(12)15)1-2-9(8)14/h1-2,5-6H,3-4H2,(H2,12,15). The zero-order chi connectivity index (χ0) is 10.8. The van der Waals surface area contributed by atoms with Gasteiger partial charge in [0.1, 0.15) is 0 Å². The van der Waals surface area contributed by atoms with Crippen LogP contribution in [0.1, 0.15) is 10.4 Å². The van der Waals surface area contributed by atoms with E-state index in [1.54, 1.807) is 18.5 Å². The van der Waals surface area contributed by atoms with Crippen molar-refractivity contribution in [1.82, 2.24) is 9.55 Å². The second-order valence-corrected chi connectivity index (χ2v) is 3.57. The Balaban J connectivity index is 2.51. The van der Waals surface area contributed by atoms with Gasteiger partial charge < -0.3 is 10.3 Å². The molecular weight excluding hydrogens is 214 g/mol. The normalized spacial score (nSPS) is 10.7. The third kappa shape index (κ3) is 1.80. The van der Waals surface area contributed by atoms with Crippen LogP contribution in [0.5, 0.6) is 0 Å². The highest BCUT2D eigenvalue weighted by atomic mass is 35.5. The average Bonchev–Trinajstić information content (AvgIpc) is 2.61. The quantitative estimate of drug-likeness (QED) is 0.799. The molecule has 2 rings (SSSR count). The number of primary amides is 1. The number of halogens is 1. The number of hydrogen-bond acceptors (Lipinski definition) is 2. The number of nitrogens with two attached hydrogens (primary N) is 1. The molecule has 0 fully saturated rings. The first-order valence-electron chi connectivity index (χ1n) is 4.53. The van der Waals surface area contributed by atoms with Gasteiger partial charge in [0, 0.05) is 18.0 Å². The van der Waals surface area contributed by atoms with Crippen LogP contribution in [0.3, 0.4) is 0 Å². The molecular formula is C10H10ClN3O. The lowest BCUT2D eigenvalue weighted by Crippen LogP contribution is -2.10. The summed E-state index contributed by atoms with van der Waals surface area (Å²) in [5.74, 6) is 0.0899. The van der Waals surface area contributed by atoms with Crippen LogP contribution in [0.4, 0.5) is 0 Å². The molecule has 0 radical (unpaired) electrons. The number of amides is 1. The summed E-state index contributed by atoms with van der Waals surface area (Å²) >= 11 is 5.65. The van der Waals surface area contributed by atoms with Gasteiger partial charge in [-0.2, -0.15) is 0 Å². The monoisotopic (exact) mass is 223 g/mol. The minimum Gasteiger partial charge on any atom is -0.366 e. The SMILES string of the molecule is NC(=O)c1ccc2c(c1)ncn2CCCl. The fourth-order valence-corrected chi connectivity index (χ4v) is 1.67. The molecule has 1 aromatic carbocycles.